The number of hydrogen-bond donors (Lipinski definition) is 0. The normalized spacial score (nSPS) is 12.8. The van der Waals surface area contributed by atoms with E-state index in [0.717, 1.165) is 32.6 Å². The van der Waals surface area contributed by atoms with Crippen molar-refractivity contribution in [3.8, 4) is 5.69 Å². The van der Waals surface area contributed by atoms with E-state index >= 15 is 0 Å². The van der Waals surface area contributed by atoms with Gasteiger partial charge in [0.2, 0.25) is 0 Å². The van der Waals surface area contributed by atoms with Gasteiger partial charge in [0.1, 0.15) is 11.3 Å². The highest BCUT2D eigenvalue weighted by Crippen LogP contribution is 2.33. The number of imidazole rings is 1. The number of aromatic nitrogens is 2. The molecule has 3 rings (SSSR count). The molecule has 1 aromatic heterocycles. The molecule has 21 heavy (non-hydrogen) atoms. The summed E-state index contributed by atoms with van der Waals surface area (Å²) in [6, 6.07) is 11.9. The quantitative estimate of drug-likeness (QED) is 0.492. The molecule has 1 atom stereocenters. The van der Waals surface area contributed by atoms with E-state index in [-0.39, 0.29) is 5.38 Å². The molecule has 0 aliphatic heterocycles. The first-order valence-electron chi connectivity index (χ1n) is 6.56. The Morgan fingerprint density at radius 1 is 1.24 bits per heavy atom. The van der Waals surface area contributed by atoms with E-state index in [1.807, 2.05) is 31.2 Å². The zero-order valence-electron chi connectivity index (χ0n) is 11.6. The summed E-state index contributed by atoms with van der Waals surface area (Å²) < 4.78 is 3.13. The van der Waals surface area contributed by atoms with Crippen molar-refractivity contribution in [3.63, 3.8) is 0 Å². The smallest absolute Gasteiger partial charge is 0.132 e. The van der Waals surface area contributed by atoms with E-state index in [1.54, 1.807) is 0 Å². The van der Waals surface area contributed by atoms with Crippen LogP contribution >= 0.6 is 39.1 Å². The number of aryl methyl sites for hydroxylation is 1. The van der Waals surface area contributed by atoms with Crippen molar-refractivity contribution in [1.82, 2.24) is 9.55 Å². The summed E-state index contributed by atoms with van der Waals surface area (Å²) in [5.74, 6) is 0.796. The highest BCUT2D eigenvalue weighted by Gasteiger charge is 2.18. The van der Waals surface area contributed by atoms with Gasteiger partial charge in [-0.05, 0) is 49.7 Å². The van der Waals surface area contributed by atoms with Gasteiger partial charge in [0.05, 0.1) is 21.6 Å². The van der Waals surface area contributed by atoms with Crippen LogP contribution in [0, 0.1) is 6.92 Å². The summed E-state index contributed by atoms with van der Waals surface area (Å²) in [4.78, 5) is 4.64. The van der Waals surface area contributed by atoms with E-state index in [1.165, 1.54) is 0 Å². The molecule has 108 valence electrons. The lowest BCUT2D eigenvalue weighted by Crippen LogP contribution is -2.03. The Bertz CT molecular complexity index is 825. The summed E-state index contributed by atoms with van der Waals surface area (Å²) >= 11 is 16.1. The number of halogens is 3. The van der Waals surface area contributed by atoms with Gasteiger partial charge in [-0.2, -0.15) is 0 Å². The summed E-state index contributed by atoms with van der Waals surface area (Å²) in [5.41, 5.74) is 3.95. The van der Waals surface area contributed by atoms with E-state index in [2.05, 4.69) is 44.5 Å². The molecule has 0 saturated carbocycles. The van der Waals surface area contributed by atoms with Crippen LogP contribution in [0.2, 0.25) is 5.02 Å². The van der Waals surface area contributed by atoms with Crippen molar-refractivity contribution >= 4 is 50.2 Å². The van der Waals surface area contributed by atoms with Crippen LogP contribution in [0.5, 0.6) is 0 Å². The molecule has 0 amide bonds. The minimum absolute atomic E-state index is 0.212. The lowest BCUT2D eigenvalue weighted by atomic mass is 10.2. The molecule has 0 aliphatic rings. The Morgan fingerprint density at radius 3 is 2.67 bits per heavy atom. The molecular formula is C16H13BrCl2N2. The standard InChI is InChI=1S/C16H13BrCl2N2/c1-9-8-11(17)6-7-13(9)21-14-5-3-4-12(19)15(14)20-16(21)10(2)18/h3-8,10H,1-2H3. The number of rotatable bonds is 2. The molecule has 2 nitrogen and oxygen atoms in total. The van der Waals surface area contributed by atoms with Crippen molar-refractivity contribution < 1.29 is 0 Å². The first-order valence-corrected chi connectivity index (χ1v) is 8.17. The molecule has 0 radical (unpaired) electrons. The van der Waals surface area contributed by atoms with Gasteiger partial charge >= 0.3 is 0 Å². The molecule has 0 fully saturated rings. The van der Waals surface area contributed by atoms with Crippen LogP contribution in [0.25, 0.3) is 16.7 Å². The minimum atomic E-state index is -0.212. The lowest BCUT2D eigenvalue weighted by Gasteiger charge is -2.13. The fraction of sp³-hybridized carbons (Fsp3) is 0.188. The third-order valence-electron chi connectivity index (χ3n) is 3.42. The third kappa shape index (κ3) is 2.59. The maximum Gasteiger partial charge on any atom is 0.132 e. The Labute approximate surface area is 141 Å². The fourth-order valence-corrected chi connectivity index (χ4v) is 3.31. The van der Waals surface area contributed by atoms with Crippen molar-refractivity contribution in [2.75, 3.05) is 0 Å². The predicted molar refractivity (Wildman–Crippen MR) is 92.8 cm³/mol. The molecule has 1 heterocycles. The lowest BCUT2D eigenvalue weighted by molar-refractivity contribution is 0.878. The molecule has 0 spiro atoms. The van der Waals surface area contributed by atoms with Crippen LogP contribution in [0.4, 0.5) is 0 Å². The molecule has 0 saturated heterocycles. The van der Waals surface area contributed by atoms with Crippen molar-refractivity contribution in [1.29, 1.82) is 0 Å². The molecule has 3 aromatic rings. The largest absolute Gasteiger partial charge is 0.295 e. The number of nitrogens with zero attached hydrogens (tertiary/aromatic N) is 2. The number of benzene rings is 2. The summed E-state index contributed by atoms with van der Waals surface area (Å²) in [7, 11) is 0. The molecular weight excluding hydrogens is 371 g/mol. The summed E-state index contributed by atoms with van der Waals surface area (Å²) in [5, 5.41) is 0.427. The van der Waals surface area contributed by atoms with Gasteiger partial charge < -0.3 is 0 Å². The van der Waals surface area contributed by atoms with Crippen molar-refractivity contribution in [2.24, 2.45) is 0 Å². The van der Waals surface area contributed by atoms with Crippen LogP contribution in [-0.2, 0) is 0 Å². The van der Waals surface area contributed by atoms with Crippen molar-refractivity contribution in [3.05, 3.63) is 57.3 Å². The SMILES string of the molecule is Cc1cc(Br)ccc1-n1c(C(C)Cl)nc2c(Cl)cccc21. The third-order valence-corrected chi connectivity index (χ3v) is 4.41. The average molecular weight is 384 g/mol. The van der Waals surface area contributed by atoms with Gasteiger partial charge in [-0.3, -0.25) is 4.57 Å². The van der Waals surface area contributed by atoms with E-state index < -0.39 is 0 Å². The zero-order chi connectivity index (χ0) is 15.1. The monoisotopic (exact) mass is 382 g/mol. The Kier molecular flexibility index (Phi) is 4.00. The number of alkyl halides is 1. The number of fused-ring (bicyclic) bond motifs is 1. The Balaban J connectivity index is 2.39. The second kappa shape index (κ2) is 5.64. The maximum atomic E-state index is 6.33. The second-order valence-electron chi connectivity index (χ2n) is 4.96. The van der Waals surface area contributed by atoms with Gasteiger partial charge in [0.15, 0.2) is 0 Å². The van der Waals surface area contributed by atoms with Crippen LogP contribution in [0.3, 0.4) is 0 Å². The fourth-order valence-electron chi connectivity index (χ4n) is 2.47. The molecule has 2 aromatic carbocycles. The second-order valence-corrected chi connectivity index (χ2v) is 6.94. The zero-order valence-corrected chi connectivity index (χ0v) is 14.7. The van der Waals surface area contributed by atoms with Gasteiger partial charge in [-0.1, -0.05) is 33.6 Å². The maximum absolute atomic E-state index is 6.33. The van der Waals surface area contributed by atoms with Gasteiger partial charge in [-0.25, -0.2) is 4.98 Å². The summed E-state index contributed by atoms with van der Waals surface area (Å²) in [6.45, 7) is 3.99. The van der Waals surface area contributed by atoms with Crippen LogP contribution in [0.15, 0.2) is 40.9 Å². The molecule has 0 aliphatic carbocycles. The first-order chi connectivity index (χ1) is 9.99. The Hall–Kier alpha value is -1.03. The molecule has 1 unspecified atom stereocenters. The average Bonchev–Trinajstić information content (AvgIpc) is 2.80. The van der Waals surface area contributed by atoms with Gasteiger partial charge in [0, 0.05) is 4.47 Å². The Morgan fingerprint density at radius 2 is 2.00 bits per heavy atom. The van der Waals surface area contributed by atoms with Gasteiger partial charge in [-0.15, -0.1) is 11.6 Å². The molecule has 0 N–H and O–H groups in total. The molecule has 5 heteroatoms. The number of hydrogen-bond acceptors (Lipinski definition) is 1. The topological polar surface area (TPSA) is 17.8 Å². The van der Waals surface area contributed by atoms with Gasteiger partial charge in [0.25, 0.3) is 0 Å². The minimum Gasteiger partial charge on any atom is -0.295 e. The molecule has 0 bridgehead atoms. The van der Waals surface area contributed by atoms with E-state index in [9.17, 15) is 0 Å². The van der Waals surface area contributed by atoms with E-state index in [0.29, 0.717) is 5.02 Å². The first kappa shape index (κ1) is 14.9. The van der Waals surface area contributed by atoms with Crippen molar-refractivity contribution in [2.45, 2.75) is 19.2 Å². The van der Waals surface area contributed by atoms with Crippen LogP contribution in [0.1, 0.15) is 23.7 Å². The number of para-hydroxylation sites is 1. The highest BCUT2D eigenvalue weighted by molar-refractivity contribution is 9.10. The van der Waals surface area contributed by atoms with Crippen LogP contribution < -0.4 is 0 Å². The summed E-state index contributed by atoms with van der Waals surface area (Å²) in [6.07, 6.45) is 0. The van der Waals surface area contributed by atoms with Crippen LogP contribution in [-0.4, -0.2) is 9.55 Å². The van der Waals surface area contributed by atoms with E-state index in [4.69, 9.17) is 23.2 Å². The predicted octanol–water partition coefficient (Wildman–Crippen LogP) is 6.05. The highest BCUT2D eigenvalue weighted by atomic mass is 79.9.